The SMILES string of the molecule is COc1ccc(CNc2ncc(N)cn2)cc1. The van der Waals surface area contributed by atoms with Crippen LogP contribution in [0.15, 0.2) is 36.7 Å². The highest BCUT2D eigenvalue weighted by Gasteiger charge is 1.97. The lowest BCUT2D eigenvalue weighted by Crippen LogP contribution is -2.03. The Morgan fingerprint density at radius 2 is 1.82 bits per heavy atom. The Hall–Kier alpha value is -2.30. The number of rotatable bonds is 4. The summed E-state index contributed by atoms with van der Waals surface area (Å²) in [5.41, 5.74) is 7.19. The van der Waals surface area contributed by atoms with E-state index in [-0.39, 0.29) is 0 Å². The smallest absolute Gasteiger partial charge is 0.222 e. The zero-order chi connectivity index (χ0) is 12.1. The molecule has 1 heterocycles. The van der Waals surface area contributed by atoms with Gasteiger partial charge in [0.25, 0.3) is 0 Å². The molecule has 5 heteroatoms. The van der Waals surface area contributed by atoms with Gasteiger partial charge < -0.3 is 15.8 Å². The maximum absolute atomic E-state index is 5.50. The van der Waals surface area contributed by atoms with Crippen molar-refractivity contribution < 1.29 is 4.74 Å². The molecule has 0 aliphatic heterocycles. The summed E-state index contributed by atoms with van der Waals surface area (Å²) >= 11 is 0. The molecule has 0 fully saturated rings. The van der Waals surface area contributed by atoms with E-state index in [9.17, 15) is 0 Å². The second-order valence-electron chi connectivity index (χ2n) is 3.54. The molecule has 17 heavy (non-hydrogen) atoms. The van der Waals surface area contributed by atoms with Crippen LogP contribution in [0.3, 0.4) is 0 Å². The van der Waals surface area contributed by atoms with Crippen LogP contribution in [0.5, 0.6) is 5.75 Å². The predicted molar refractivity (Wildman–Crippen MR) is 66.8 cm³/mol. The van der Waals surface area contributed by atoms with Gasteiger partial charge in [-0.15, -0.1) is 0 Å². The Labute approximate surface area is 99.7 Å². The van der Waals surface area contributed by atoms with Gasteiger partial charge in [0.2, 0.25) is 5.95 Å². The van der Waals surface area contributed by atoms with Crippen molar-refractivity contribution in [3.63, 3.8) is 0 Å². The molecule has 3 N–H and O–H groups in total. The van der Waals surface area contributed by atoms with Gasteiger partial charge in [0.05, 0.1) is 25.2 Å². The normalized spacial score (nSPS) is 9.94. The largest absolute Gasteiger partial charge is 0.497 e. The zero-order valence-corrected chi connectivity index (χ0v) is 9.55. The highest BCUT2D eigenvalue weighted by Crippen LogP contribution is 2.12. The first-order valence-electron chi connectivity index (χ1n) is 5.22. The number of ether oxygens (including phenoxy) is 1. The summed E-state index contributed by atoms with van der Waals surface area (Å²) in [6, 6.07) is 7.81. The fraction of sp³-hybridized carbons (Fsp3) is 0.167. The first-order valence-corrected chi connectivity index (χ1v) is 5.22. The first kappa shape index (κ1) is 11.2. The predicted octanol–water partition coefficient (Wildman–Crippen LogP) is 1.68. The number of hydrogen-bond donors (Lipinski definition) is 2. The molecule has 0 unspecified atom stereocenters. The van der Waals surface area contributed by atoms with E-state index in [2.05, 4.69) is 15.3 Å². The van der Waals surface area contributed by atoms with Gasteiger partial charge in [0, 0.05) is 6.54 Å². The molecule has 0 saturated heterocycles. The summed E-state index contributed by atoms with van der Waals surface area (Å²) in [4.78, 5) is 8.11. The average Bonchev–Trinajstić information content (AvgIpc) is 2.39. The molecule has 88 valence electrons. The van der Waals surface area contributed by atoms with Crippen LogP contribution in [-0.2, 0) is 6.54 Å². The van der Waals surface area contributed by atoms with Crippen LogP contribution in [0.25, 0.3) is 0 Å². The van der Waals surface area contributed by atoms with Crippen molar-refractivity contribution in [2.24, 2.45) is 0 Å². The molecule has 0 bridgehead atoms. The summed E-state index contributed by atoms with van der Waals surface area (Å²) in [5.74, 6) is 1.41. The quantitative estimate of drug-likeness (QED) is 0.836. The van der Waals surface area contributed by atoms with E-state index < -0.39 is 0 Å². The van der Waals surface area contributed by atoms with E-state index in [0.717, 1.165) is 11.3 Å². The number of nitrogen functional groups attached to an aromatic ring is 1. The van der Waals surface area contributed by atoms with Crippen molar-refractivity contribution in [2.45, 2.75) is 6.54 Å². The first-order chi connectivity index (χ1) is 8.28. The number of nitrogens with one attached hydrogen (secondary N) is 1. The minimum Gasteiger partial charge on any atom is -0.497 e. The molecular weight excluding hydrogens is 216 g/mol. The van der Waals surface area contributed by atoms with Crippen LogP contribution in [0.2, 0.25) is 0 Å². The Kier molecular flexibility index (Phi) is 3.40. The zero-order valence-electron chi connectivity index (χ0n) is 9.55. The van der Waals surface area contributed by atoms with Crippen LogP contribution >= 0.6 is 0 Å². The van der Waals surface area contributed by atoms with Crippen molar-refractivity contribution in [1.29, 1.82) is 0 Å². The molecule has 0 saturated carbocycles. The number of anilines is 2. The monoisotopic (exact) mass is 230 g/mol. The minimum atomic E-state index is 0.556. The van der Waals surface area contributed by atoms with Crippen molar-refractivity contribution in [2.75, 3.05) is 18.2 Å². The molecular formula is C12H14N4O. The number of nitrogens with zero attached hydrogens (tertiary/aromatic N) is 2. The van der Waals surface area contributed by atoms with E-state index in [1.54, 1.807) is 19.5 Å². The van der Waals surface area contributed by atoms with Crippen LogP contribution in [0, 0.1) is 0 Å². The molecule has 0 amide bonds. The molecule has 0 aliphatic rings. The van der Waals surface area contributed by atoms with E-state index in [4.69, 9.17) is 10.5 Å². The Morgan fingerprint density at radius 1 is 1.18 bits per heavy atom. The van der Waals surface area contributed by atoms with Gasteiger partial charge in [-0.05, 0) is 17.7 Å². The molecule has 0 spiro atoms. The topological polar surface area (TPSA) is 73.1 Å². The lowest BCUT2D eigenvalue weighted by Gasteiger charge is -2.05. The molecule has 1 aromatic carbocycles. The molecule has 0 aliphatic carbocycles. The average molecular weight is 230 g/mol. The van der Waals surface area contributed by atoms with Crippen LogP contribution in [-0.4, -0.2) is 17.1 Å². The van der Waals surface area contributed by atoms with Crippen LogP contribution < -0.4 is 15.8 Å². The second-order valence-corrected chi connectivity index (χ2v) is 3.54. The van der Waals surface area contributed by atoms with Gasteiger partial charge in [-0.1, -0.05) is 12.1 Å². The van der Waals surface area contributed by atoms with Crippen molar-refractivity contribution in [1.82, 2.24) is 9.97 Å². The van der Waals surface area contributed by atoms with Gasteiger partial charge in [-0.2, -0.15) is 0 Å². The minimum absolute atomic E-state index is 0.556. The molecule has 2 rings (SSSR count). The standard InChI is InChI=1S/C12H14N4O/c1-17-11-4-2-9(3-5-11)6-14-12-15-7-10(13)8-16-12/h2-5,7-8H,6,13H2,1H3,(H,14,15,16). The van der Waals surface area contributed by atoms with Crippen molar-refractivity contribution in [3.05, 3.63) is 42.2 Å². The van der Waals surface area contributed by atoms with Crippen LogP contribution in [0.1, 0.15) is 5.56 Å². The third kappa shape index (κ3) is 3.07. The Morgan fingerprint density at radius 3 is 2.41 bits per heavy atom. The number of benzene rings is 1. The van der Waals surface area contributed by atoms with Gasteiger partial charge in [0.1, 0.15) is 5.75 Å². The lowest BCUT2D eigenvalue weighted by molar-refractivity contribution is 0.414. The fourth-order valence-electron chi connectivity index (χ4n) is 1.35. The second kappa shape index (κ2) is 5.16. The van der Waals surface area contributed by atoms with Gasteiger partial charge in [0.15, 0.2) is 0 Å². The molecule has 0 radical (unpaired) electrons. The fourth-order valence-corrected chi connectivity index (χ4v) is 1.35. The highest BCUT2D eigenvalue weighted by molar-refractivity contribution is 5.37. The summed E-state index contributed by atoms with van der Waals surface area (Å²) in [6.07, 6.45) is 3.15. The summed E-state index contributed by atoms with van der Waals surface area (Å²) < 4.78 is 5.09. The van der Waals surface area contributed by atoms with E-state index in [0.29, 0.717) is 18.2 Å². The maximum atomic E-state index is 5.50. The summed E-state index contributed by atoms with van der Waals surface area (Å²) in [6.45, 7) is 0.661. The van der Waals surface area contributed by atoms with E-state index in [1.807, 2.05) is 24.3 Å². The molecule has 2 aromatic rings. The van der Waals surface area contributed by atoms with E-state index in [1.165, 1.54) is 0 Å². The number of aromatic nitrogens is 2. The summed E-state index contributed by atoms with van der Waals surface area (Å²) in [5, 5.41) is 3.11. The summed E-state index contributed by atoms with van der Waals surface area (Å²) in [7, 11) is 1.65. The van der Waals surface area contributed by atoms with Crippen LogP contribution in [0.4, 0.5) is 11.6 Å². The third-order valence-corrected chi connectivity index (χ3v) is 2.28. The van der Waals surface area contributed by atoms with E-state index >= 15 is 0 Å². The lowest BCUT2D eigenvalue weighted by atomic mass is 10.2. The highest BCUT2D eigenvalue weighted by atomic mass is 16.5. The Bertz CT molecular complexity index is 467. The number of methoxy groups -OCH3 is 1. The maximum Gasteiger partial charge on any atom is 0.222 e. The molecule has 0 atom stereocenters. The van der Waals surface area contributed by atoms with Crippen molar-refractivity contribution in [3.8, 4) is 5.75 Å². The number of nitrogens with two attached hydrogens (primary N) is 1. The van der Waals surface area contributed by atoms with Crippen molar-refractivity contribution >= 4 is 11.6 Å². The molecule has 1 aromatic heterocycles. The van der Waals surface area contributed by atoms with Gasteiger partial charge in [-0.3, -0.25) is 0 Å². The Balaban J connectivity index is 1.95. The van der Waals surface area contributed by atoms with Gasteiger partial charge in [-0.25, -0.2) is 9.97 Å². The molecule has 5 nitrogen and oxygen atoms in total. The number of hydrogen-bond acceptors (Lipinski definition) is 5. The third-order valence-electron chi connectivity index (χ3n) is 2.28. The van der Waals surface area contributed by atoms with Gasteiger partial charge >= 0.3 is 0 Å².